The van der Waals surface area contributed by atoms with Crippen molar-refractivity contribution in [1.82, 2.24) is 5.32 Å². The molecule has 0 heterocycles. The number of amides is 1. The SMILES string of the molecule is C[C@]12C=CC(=O)CC1=CC[C@H]1[C@@H]3C[C@@H](O)[C@](O)(C(=O)COC(=O)NCC(=O)OCCC(CO[N+](=O)[O-])O[N+](=O)[O-])[C@@]3(C)C[C@H](O)[C@@]12F. The third kappa shape index (κ3) is 6.26. The van der Waals surface area contributed by atoms with E-state index in [1.165, 1.54) is 19.1 Å². The molecule has 0 aromatic heterocycles. The van der Waals surface area contributed by atoms with Crippen molar-refractivity contribution in [3.8, 4) is 0 Å². The van der Waals surface area contributed by atoms with Crippen molar-refractivity contribution in [2.75, 3.05) is 26.4 Å². The number of allylic oxidation sites excluding steroid dienone is 4. The molecule has 4 aliphatic rings. The van der Waals surface area contributed by atoms with Crippen LogP contribution in [0.2, 0.25) is 0 Å². The number of nitrogens with zero attached hydrogens (tertiary/aromatic N) is 2. The van der Waals surface area contributed by atoms with Gasteiger partial charge in [-0.3, -0.25) is 14.4 Å². The van der Waals surface area contributed by atoms with Gasteiger partial charge in [0.25, 0.3) is 10.2 Å². The first-order valence-electron chi connectivity index (χ1n) is 14.8. The Morgan fingerprint density at radius 2 is 1.83 bits per heavy atom. The van der Waals surface area contributed by atoms with E-state index in [4.69, 9.17) is 9.47 Å². The number of ether oxygens (including phenoxy) is 2. The number of rotatable bonds is 13. The highest BCUT2D eigenvalue weighted by Gasteiger charge is 2.76. The molecule has 0 aromatic carbocycles. The zero-order chi connectivity index (χ0) is 34.9. The van der Waals surface area contributed by atoms with E-state index in [1.807, 2.05) is 5.32 Å². The van der Waals surface area contributed by atoms with E-state index >= 15 is 4.39 Å². The molecule has 0 aliphatic heterocycles. The summed E-state index contributed by atoms with van der Waals surface area (Å²) >= 11 is 0. The number of alkyl halides is 1. The van der Waals surface area contributed by atoms with E-state index in [-0.39, 0.29) is 31.5 Å². The van der Waals surface area contributed by atoms with Gasteiger partial charge in [-0.2, -0.15) is 0 Å². The lowest BCUT2D eigenvalue weighted by Gasteiger charge is -2.61. The Bertz CT molecular complexity index is 1390. The molecule has 18 nitrogen and oxygen atoms in total. The molecule has 260 valence electrons. The second-order valence-electron chi connectivity index (χ2n) is 12.6. The summed E-state index contributed by atoms with van der Waals surface area (Å²) in [5, 5.41) is 54.4. The van der Waals surface area contributed by atoms with E-state index < -0.39 is 113 Å². The molecule has 4 aliphatic carbocycles. The highest BCUT2D eigenvalue weighted by atomic mass is 19.1. The molecule has 2 saturated carbocycles. The number of hydrogen-bond donors (Lipinski definition) is 4. The van der Waals surface area contributed by atoms with Crippen LogP contribution >= 0.6 is 0 Å². The Balaban J connectivity index is 1.33. The second-order valence-corrected chi connectivity index (χ2v) is 12.6. The summed E-state index contributed by atoms with van der Waals surface area (Å²) in [5.74, 6) is -4.08. The Hall–Kier alpha value is -4.23. The van der Waals surface area contributed by atoms with E-state index in [2.05, 4.69) is 9.68 Å². The number of halogens is 1. The van der Waals surface area contributed by atoms with Crippen LogP contribution in [0.1, 0.15) is 46.0 Å². The average molecular weight is 674 g/mol. The lowest BCUT2D eigenvalue weighted by Crippen LogP contribution is -2.69. The molecule has 9 atom stereocenters. The number of fused-ring (bicyclic) bond motifs is 5. The maximum atomic E-state index is 17.2. The van der Waals surface area contributed by atoms with Crippen LogP contribution in [0.4, 0.5) is 9.18 Å². The van der Waals surface area contributed by atoms with Crippen LogP contribution in [0.3, 0.4) is 0 Å². The van der Waals surface area contributed by atoms with Crippen molar-refractivity contribution >= 4 is 23.6 Å². The Labute approximate surface area is 266 Å². The fourth-order valence-corrected chi connectivity index (χ4v) is 7.86. The van der Waals surface area contributed by atoms with Crippen LogP contribution in [-0.2, 0) is 33.5 Å². The van der Waals surface area contributed by atoms with Gasteiger partial charge in [-0.15, -0.1) is 20.2 Å². The summed E-state index contributed by atoms with van der Waals surface area (Å²) in [7, 11) is 0. The summed E-state index contributed by atoms with van der Waals surface area (Å²) in [5.41, 5.74) is -7.12. The molecule has 47 heavy (non-hydrogen) atoms. The van der Waals surface area contributed by atoms with Gasteiger partial charge in [-0.1, -0.05) is 24.6 Å². The zero-order valence-electron chi connectivity index (χ0n) is 25.5. The Kier molecular flexibility index (Phi) is 9.94. The monoisotopic (exact) mass is 673 g/mol. The van der Waals surface area contributed by atoms with Crippen LogP contribution in [0, 0.1) is 42.9 Å². The fourth-order valence-electron chi connectivity index (χ4n) is 7.86. The standard InChI is InChI=1S/C28H36FN3O15/c1-25-7-5-16(33)9-15(25)3-4-18-19-10-20(34)28(39,26(19,2)11-21(35)27(18,25)29)22(36)14-45-24(38)30-12-23(37)44-8-6-17(47-32(42)43)13-46-31(40)41/h3,5,7,17-21,34-35,39H,4,6,8-14H2,1-2H3,(H,30,38)/t17?,18-,19-,20+,21-,25-,26-,27-,28-/m0/s1. The van der Waals surface area contributed by atoms with Crippen molar-refractivity contribution in [2.24, 2.45) is 22.7 Å². The maximum absolute atomic E-state index is 17.2. The number of hydrogen-bond acceptors (Lipinski definition) is 15. The molecule has 1 amide bonds. The molecule has 0 radical (unpaired) electrons. The summed E-state index contributed by atoms with van der Waals surface area (Å²) < 4.78 is 26.8. The number of alkyl carbamates (subject to hydrolysis) is 1. The van der Waals surface area contributed by atoms with Gasteiger partial charge in [0.2, 0.25) is 5.78 Å². The van der Waals surface area contributed by atoms with Gasteiger partial charge in [0.05, 0.1) is 18.8 Å². The predicted octanol–water partition coefficient (Wildman–Crippen LogP) is 0.0729. The minimum absolute atomic E-state index is 0.00299. The number of aliphatic hydroxyl groups excluding tert-OH is 2. The van der Waals surface area contributed by atoms with Crippen molar-refractivity contribution in [3.05, 3.63) is 44.0 Å². The first kappa shape index (κ1) is 35.6. The normalized spacial score (nSPS) is 36.0. The van der Waals surface area contributed by atoms with Gasteiger partial charge in [0, 0.05) is 29.6 Å². The van der Waals surface area contributed by atoms with E-state index in [0.29, 0.717) is 5.57 Å². The molecular weight excluding hydrogens is 637 g/mol. The van der Waals surface area contributed by atoms with Crippen LogP contribution in [0.15, 0.2) is 23.8 Å². The van der Waals surface area contributed by atoms with Gasteiger partial charge >= 0.3 is 12.1 Å². The molecule has 0 saturated heterocycles. The average Bonchev–Trinajstić information content (AvgIpc) is 3.19. The lowest BCUT2D eigenvalue weighted by atomic mass is 9.45. The third-order valence-corrected chi connectivity index (χ3v) is 10.3. The first-order chi connectivity index (χ1) is 21.9. The number of aliphatic hydroxyl groups is 3. The molecule has 4 N–H and O–H groups in total. The smallest absolute Gasteiger partial charge is 0.408 e. The fraction of sp³-hybridized carbons (Fsp3) is 0.714. The minimum atomic E-state index is -2.54. The number of carbonyl (C=O) groups is 4. The molecule has 1 unspecified atom stereocenters. The van der Waals surface area contributed by atoms with E-state index in [9.17, 15) is 54.7 Å². The molecule has 0 spiro atoms. The van der Waals surface area contributed by atoms with Gasteiger partial charge in [-0.05, 0) is 38.2 Å². The van der Waals surface area contributed by atoms with Gasteiger partial charge < -0.3 is 39.8 Å². The molecule has 4 rings (SSSR count). The number of esters is 1. The molecule has 0 aromatic rings. The predicted molar refractivity (Wildman–Crippen MR) is 149 cm³/mol. The number of Topliss-reactive ketones (excluding diaryl/α,β-unsaturated/α-hetero) is 1. The quantitative estimate of drug-likeness (QED) is 0.0872. The topological polar surface area (TPSA) is 264 Å². The highest BCUT2D eigenvalue weighted by Crippen LogP contribution is 2.69. The highest BCUT2D eigenvalue weighted by molar-refractivity contribution is 5.94. The molecule has 0 bridgehead atoms. The van der Waals surface area contributed by atoms with Crippen LogP contribution in [-0.4, -0.2) is 105 Å². The van der Waals surface area contributed by atoms with Gasteiger partial charge in [0.1, 0.15) is 19.3 Å². The van der Waals surface area contributed by atoms with Crippen LogP contribution < -0.4 is 5.32 Å². The second kappa shape index (κ2) is 13.1. The molecular formula is C28H36FN3O15. The van der Waals surface area contributed by atoms with Crippen molar-refractivity contribution < 1.29 is 68.2 Å². The maximum Gasteiger partial charge on any atom is 0.408 e. The first-order valence-corrected chi connectivity index (χ1v) is 14.8. The minimum Gasteiger partial charge on any atom is -0.464 e. The Morgan fingerprint density at radius 1 is 1.13 bits per heavy atom. The number of nitrogens with one attached hydrogen (secondary N) is 1. The number of carbonyl (C=O) groups excluding carboxylic acids is 4. The van der Waals surface area contributed by atoms with E-state index in [0.717, 1.165) is 0 Å². The van der Waals surface area contributed by atoms with Crippen LogP contribution in [0.25, 0.3) is 0 Å². The third-order valence-electron chi connectivity index (χ3n) is 10.3. The van der Waals surface area contributed by atoms with Crippen molar-refractivity contribution in [3.63, 3.8) is 0 Å². The summed E-state index contributed by atoms with van der Waals surface area (Å²) in [4.78, 5) is 78.5. The van der Waals surface area contributed by atoms with Crippen molar-refractivity contribution in [2.45, 2.75) is 75.5 Å². The van der Waals surface area contributed by atoms with Gasteiger partial charge in [0.15, 0.2) is 23.7 Å². The zero-order valence-corrected chi connectivity index (χ0v) is 25.5. The number of ketones is 2. The summed E-state index contributed by atoms with van der Waals surface area (Å²) in [6.07, 6.45) is -2.49. The Morgan fingerprint density at radius 3 is 2.49 bits per heavy atom. The van der Waals surface area contributed by atoms with E-state index in [1.54, 1.807) is 13.0 Å². The molecule has 19 heteroatoms. The van der Waals surface area contributed by atoms with Crippen molar-refractivity contribution in [1.29, 1.82) is 0 Å². The van der Waals surface area contributed by atoms with Gasteiger partial charge in [-0.25, -0.2) is 9.18 Å². The largest absolute Gasteiger partial charge is 0.464 e. The molecule has 2 fully saturated rings. The lowest BCUT2D eigenvalue weighted by molar-refractivity contribution is -0.790. The summed E-state index contributed by atoms with van der Waals surface area (Å²) in [6.45, 7) is -0.0852. The van der Waals surface area contributed by atoms with Crippen LogP contribution in [0.5, 0.6) is 0 Å². The summed E-state index contributed by atoms with van der Waals surface area (Å²) in [6, 6.07) is 0.